The summed E-state index contributed by atoms with van der Waals surface area (Å²) in [4.78, 5) is 77.1. The molecule has 3 fully saturated rings. The van der Waals surface area contributed by atoms with Gasteiger partial charge in [-0.2, -0.15) is 0 Å². The quantitative estimate of drug-likeness (QED) is 0.119. The standard InChI is InChI=1S/C31H41FN2O11S/c1-17-12-22-21-8-7-19-13-20(36)9-10-28(19,3)30(21,32)24(37)14-29(22,4)31(17,41)25(38)15-44-27(40)23(33-18(2)35)16-46-26(39)6-5-11-45-34(42)43/h9-10,13,17,21-24,37,41H,5-8,11-12,14-16H2,1-4H3,(H,33,35)/t17-,21?,22?,23?,24+,28+,29+,30+,31+/m1/s1. The number of ketones is 2. The van der Waals surface area contributed by atoms with E-state index in [0.717, 1.165) is 6.92 Å². The Morgan fingerprint density at radius 2 is 1.96 bits per heavy atom. The SMILES string of the molecule is CC(=O)NC(CSC(=O)CCCO[N+](=O)[O-])C(=O)OCC(=O)[C@@]1(O)[C@H](C)CC2C3CCC4=CC(=O)C=C[C@]4(C)[C@@]3(F)[C@@H](O)C[C@@]21C. The van der Waals surface area contributed by atoms with Crippen molar-refractivity contribution in [3.8, 4) is 0 Å². The Hall–Kier alpha value is -3.17. The fourth-order valence-electron chi connectivity index (χ4n) is 8.51. The van der Waals surface area contributed by atoms with E-state index < -0.39 is 86.5 Å². The Bertz CT molecular complexity index is 1370. The van der Waals surface area contributed by atoms with Crippen molar-refractivity contribution in [3.05, 3.63) is 33.9 Å². The Labute approximate surface area is 269 Å². The van der Waals surface area contributed by atoms with E-state index in [0.29, 0.717) is 30.2 Å². The molecule has 9 atom stereocenters. The molecule has 3 N–H and O–H groups in total. The summed E-state index contributed by atoms with van der Waals surface area (Å²) in [5.41, 5.74) is -6.09. The summed E-state index contributed by atoms with van der Waals surface area (Å²) >= 11 is 0.700. The molecule has 4 aliphatic rings. The van der Waals surface area contributed by atoms with Crippen LogP contribution in [0.15, 0.2) is 23.8 Å². The highest BCUT2D eigenvalue weighted by Gasteiger charge is 2.75. The van der Waals surface area contributed by atoms with E-state index in [9.17, 15) is 44.3 Å². The van der Waals surface area contributed by atoms with Crippen LogP contribution in [-0.4, -0.2) is 86.2 Å². The van der Waals surface area contributed by atoms with Gasteiger partial charge in [0.2, 0.25) is 11.7 Å². The number of allylic oxidation sites excluding steroid dienone is 4. The number of carbonyl (C=O) groups is 5. The van der Waals surface area contributed by atoms with E-state index in [4.69, 9.17) is 4.74 Å². The molecule has 0 aromatic carbocycles. The molecule has 254 valence electrons. The number of nitrogens with one attached hydrogen (secondary N) is 1. The van der Waals surface area contributed by atoms with Crippen LogP contribution >= 0.6 is 11.8 Å². The topological polar surface area (TPSA) is 199 Å². The molecule has 15 heteroatoms. The zero-order valence-electron chi connectivity index (χ0n) is 26.3. The molecule has 3 saturated carbocycles. The van der Waals surface area contributed by atoms with Gasteiger partial charge in [0, 0.05) is 35.8 Å². The van der Waals surface area contributed by atoms with Crippen molar-refractivity contribution in [2.45, 2.75) is 89.6 Å². The molecule has 0 saturated heterocycles. The number of nitrogens with zero attached hydrogens (tertiary/aromatic N) is 1. The van der Waals surface area contributed by atoms with Crippen molar-refractivity contribution in [2.24, 2.45) is 28.6 Å². The van der Waals surface area contributed by atoms with Crippen molar-refractivity contribution in [2.75, 3.05) is 19.0 Å². The van der Waals surface area contributed by atoms with Crippen molar-refractivity contribution in [1.82, 2.24) is 5.32 Å². The lowest BCUT2D eigenvalue weighted by atomic mass is 9.44. The normalized spacial score (nSPS) is 36.8. The highest BCUT2D eigenvalue weighted by molar-refractivity contribution is 8.13. The van der Waals surface area contributed by atoms with Crippen molar-refractivity contribution in [3.63, 3.8) is 0 Å². The number of Topliss-reactive ketones (excluding diaryl/α,β-unsaturated/α-hetero) is 1. The summed E-state index contributed by atoms with van der Waals surface area (Å²) in [6, 6.07) is -1.31. The predicted molar refractivity (Wildman–Crippen MR) is 161 cm³/mol. The Balaban J connectivity index is 1.45. The number of rotatable bonds is 12. The number of alkyl halides is 1. The lowest BCUT2D eigenvalue weighted by Gasteiger charge is -2.62. The number of esters is 1. The fraction of sp³-hybridized carbons (Fsp3) is 0.710. The first-order valence-electron chi connectivity index (χ1n) is 15.3. The predicted octanol–water partition coefficient (Wildman–Crippen LogP) is 2.20. The first-order valence-corrected chi connectivity index (χ1v) is 16.3. The fourth-order valence-corrected chi connectivity index (χ4v) is 9.37. The number of thioether (sulfide) groups is 1. The van der Waals surface area contributed by atoms with Crippen molar-refractivity contribution in [1.29, 1.82) is 0 Å². The van der Waals surface area contributed by atoms with Crippen LogP contribution in [0.1, 0.15) is 66.2 Å². The van der Waals surface area contributed by atoms with Gasteiger partial charge >= 0.3 is 5.97 Å². The maximum atomic E-state index is 17.4. The average molecular weight is 669 g/mol. The second-order valence-corrected chi connectivity index (χ2v) is 14.4. The summed E-state index contributed by atoms with van der Waals surface area (Å²) in [5, 5.41) is 34.8. The van der Waals surface area contributed by atoms with Gasteiger partial charge in [-0.3, -0.25) is 19.2 Å². The van der Waals surface area contributed by atoms with Gasteiger partial charge in [-0.1, -0.05) is 37.3 Å². The van der Waals surface area contributed by atoms with Crippen LogP contribution in [-0.2, 0) is 33.5 Å². The minimum Gasteiger partial charge on any atom is -0.456 e. The zero-order valence-corrected chi connectivity index (χ0v) is 27.1. The summed E-state index contributed by atoms with van der Waals surface area (Å²) < 4.78 is 22.6. The first kappa shape index (κ1) is 35.7. The molecule has 0 aliphatic heterocycles. The highest BCUT2D eigenvalue weighted by Crippen LogP contribution is 2.70. The Kier molecular flexibility index (Phi) is 10.2. The van der Waals surface area contributed by atoms with Crippen LogP contribution in [0.5, 0.6) is 0 Å². The number of ether oxygens (including phenoxy) is 1. The molecule has 3 unspecified atom stereocenters. The second kappa shape index (κ2) is 13.1. The summed E-state index contributed by atoms with van der Waals surface area (Å²) in [6.07, 6.45) is 3.49. The van der Waals surface area contributed by atoms with Crippen LogP contribution in [0.4, 0.5) is 4.39 Å². The third-order valence-corrected chi connectivity index (χ3v) is 11.8. The lowest BCUT2D eigenvalue weighted by molar-refractivity contribution is -0.757. The third-order valence-electron chi connectivity index (χ3n) is 10.8. The number of amides is 1. The van der Waals surface area contributed by atoms with Crippen LogP contribution in [0.3, 0.4) is 0 Å². The van der Waals surface area contributed by atoms with Crippen LogP contribution in [0, 0.1) is 38.7 Å². The molecule has 46 heavy (non-hydrogen) atoms. The second-order valence-electron chi connectivity index (χ2n) is 13.3. The highest BCUT2D eigenvalue weighted by atomic mass is 32.2. The first-order chi connectivity index (χ1) is 21.4. The molecule has 0 aromatic heterocycles. The minimum atomic E-state index is -2.14. The number of hydrogen-bond donors (Lipinski definition) is 3. The van der Waals surface area contributed by atoms with Gasteiger partial charge < -0.3 is 25.1 Å². The van der Waals surface area contributed by atoms with E-state index in [1.165, 1.54) is 18.2 Å². The van der Waals surface area contributed by atoms with E-state index in [1.54, 1.807) is 20.8 Å². The van der Waals surface area contributed by atoms with Gasteiger partial charge in [0.05, 0.1) is 12.7 Å². The van der Waals surface area contributed by atoms with Gasteiger partial charge in [0.1, 0.15) is 11.6 Å². The molecule has 0 heterocycles. The van der Waals surface area contributed by atoms with E-state index in [-0.39, 0.29) is 43.8 Å². The van der Waals surface area contributed by atoms with Crippen LogP contribution in [0.2, 0.25) is 0 Å². The van der Waals surface area contributed by atoms with Gasteiger partial charge in [-0.05, 0) is 63.0 Å². The number of halogens is 1. The number of aliphatic hydroxyl groups excluding tert-OH is 1. The van der Waals surface area contributed by atoms with Gasteiger partial charge in [0.15, 0.2) is 23.2 Å². The molecule has 0 bridgehead atoms. The molecule has 4 rings (SSSR count). The third kappa shape index (κ3) is 6.01. The Morgan fingerprint density at radius 1 is 1.26 bits per heavy atom. The number of fused-ring (bicyclic) bond motifs is 5. The number of hydrogen-bond acceptors (Lipinski definition) is 12. The number of carbonyl (C=O) groups excluding carboxylic acids is 5. The summed E-state index contributed by atoms with van der Waals surface area (Å²) in [7, 11) is 0. The molecule has 4 aliphatic carbocycles. The monoisotopic (exact) mass is 668 g/mol. The number of aliphatic hydroxyl groups is 2. The van der Waals surface area contributed by atoms with Crippen LogP contribution < -0.4 is 5.32 Å². The van der Waals surface area contributed by atoms with Gasteiger partial charge in [-0.25, -0.2) is 9.18 Å². The largest absolute Gasteiger partial charge is 0.456 e. The van der Waals surface area contributed by atoms with E-state index in [2.05, 4.69) is 10.2 Å². The van der Waals surface area contributed by atoms with E-state index >= 15 is 4.39 Å². The Morgan fingerprint density at radius 3 is 2.61 bits per heavy atom. The summed E-state index contributed by atoms with van der Waals surface area (Å²) in [6.45, 7) is 5.03. The van der Waals surface area contributed by atoms with Crippen LogP contribution in [0.25, 0.3) is 0 Å². The smallest absolute Gasteiger partial charge is 0.329 e. The average Bonchev–Trinajstić information content (AvgIpc) is 3.18. The molecule has 0 radical (unpaired) electrons. The van der Waals surface area contributed by atoms with Crippen molar-refractivity contribution >= 4 is 40.3 Å². The molecular formula is C31H41FN2O11S. The van der Waals surface area contributed by atoms with Gasteiger partial charge in [0.25, 0.3) is 5.09 Å². The lowest BCUT2D eigenvalue weighted by Crippen LogP contribution is -2.69. The maximum Gasteiger partial charge on any atom is 0.329 e. The molecule has 0 aromatic rings. The van der Waals surface area contributed by atoms with Crippen molar-refractivity contribution < 1.29 is 53.2 Å². The summed E-state index contributed by atoms with van der Waals surface area (Å²) in [5.74, 6) is -4.80. The molecular weight excluding hydrogens is 627 g/mol. The van der Waals surface area contributed by atoms with E-state index in [1.807, 2.05) is 0 Å². The molecule has 1 amide bonds. The van der Waals surface area contributed by atoms with Gasteiger partial charge in [-0.15, -0.1) is 10.1 Å². The molecule has 0 spiro atoms. The maximum absolute atomic E-state index is 17.4. The minimum absolute atomic E-state index is 0.0691. The zero-order chi connectivity index (χ0) is 34.2. The molecule has 13 nitrogen and oxygen atoms in total.